The van der Waals surface area contributed by atoms with Crippen LogP contribution in [0.4, 0.5) is 0 Å². The second kappa shape index (κ2) is 6.38. The Morgan fingerprint density at radius 3 is 2.54 bits per heavy atom. The van der Waals surface area contributed by atoms with Gasteiger partial charge in [-0.15, -0.1) is 0 Å². The molecule has 0 spiro atoms. The Bertz CT molecular complexity index is 174. The van der Waals surface area contributed by atoms with Crippen LogP contribution in [0.15, 0.2) is 0 Å². The van der Waals surface area contributed by atoms with E-state index in [0.717, 1.165) is 0 Å². The van der Waals surface area contributed by atoms with Crippen molar-refractivity contribution in [3.05, 3.63) is 0 Å². The predicted molar refractivity (Wildman–Crippen MR) is 44.9 cm³/mol. The van der Waals surface area contributed by atoms with Crippen LogP contribution < -0.4 is 11.1 Å². The van der Waals surface area contributed by atoms with Gasteiger partial charge in [-0.1, -0.05) is 0 Å². The Labute approximate surface area is 75.7 Å². The van der Waals surface area contributed by atoms with Gasteiger partial charge >= 0.3 is 5.97 Å². The molecule has 0 fully saturated rings. The maximum Gasteiger partial charge on any atom is 0.326 e. The van der Waals surface area contributed by atoms with E-state index in [-0.39, 0.29) is 19.4 Å². The molecule has 0 aromatic heterocycles. The minimum absolute atomic E-state index is 0.0907. The molecular weight excluding hydrogens is 176 g/mol. The molecule has 6 heteroatoms. The molecule has 76 valence electrons. The number of carboxylic acids is 1. The summed E-state index contributed by atoms with van der Waals surface area (Å²) in [6, 6.07) is -0.946. The largest absolute Gasteiger partial charge is 0.480 e. The number of amides is 1. The molecule has 0 aromatic carbocycles. The highest BCUT2D eigenvalue weighted by molar-refractivity contribution is 5.76. The van der Waals surface area contributed by atoms with Crippen molar-refractivity contribution in [2.24, 2.45) is 5.73 Å². The van der Waals surface area contributed by atoms with Gasteiger partial charge in [-0.25, -0.2) is 4.79 Å². The van der Waals surface area contributed by atoms with E-state index in [1.807, 2.05) is 0 Å². The number of rotatable bonds is 7. The fourth-order valence-corrected chi connectivity index (χ4v) is 0.837. The molecule has 0 aliphatic carbocycles. The number of carboxylic acid groups (broad SMARTS) is 1. The lowest BCUT2D eigenvalue weighted by Crippen LogP contribution is -2.37. The summed E-state index contributed by atoms with van der Waals surface area (Å²) in [6.07, 6.45) is 0.0456. The first kappa shape index (κ1) is 11.9. The molecule has 0 saturated heterocycles. The van der Waals surface area contributed by atoms with Crippen molar-refractivity contribution in [1.82, 2.24) is 5.32 Å². The molecule has 13 heavy (non-hydrogen) atoms. The molecule has 1 amide bonds. The zero-order chi connectivity index (χ0) is 10.3. The second-order valence-corrected chi connectivity index (χ2v) is 2.64. The van der Waals surface area contributed by atoms with Crippen molar-refractivity contribution in [1.29, 1.82) is 0 Å². The average molecular weight is 190 g/mol. The van der Waals surface area contributed by atoms with Crippen LogP contribution in [0.5, 0.6) is 0 Å². The van der Waals surface area contributed by atoms with Crippen molar-refractivity contribution < 1.29 is 19.8 Å². The Morgan fingerprint density at radius 2 is 2.15 bits per heavy atom. The summed E-state index contributed by atoms with van der Waals surface area (Å²) >= 11 is 0. The number of hydrogen-bond acceptors (Lipinski definition) is 4. The molecule has 0 rings (SSSR count). The van der Waals surface area contributed by atoms with Gasteiger partial charge in [-0.2, -0.15) is 0 Å². The Kier molecular flexibility index (Phi) is 5.82. The number of carbonyl (C=O) groups excluding carboxylic acids is 1. The molecule has 2 atom stereocenters. The van der Waals surface area contributed by atoms with Gasteiger partial charge in [-0.05, 0) is 12.8 Å². The van der Waals surface area contributed by atoms with Gasteiger partial charge in [0.2, 0.25) is 6.41 Å². The van der Waals surface area contributed by atoms with Crippen LogP contribution in [0.2, 0.25) is 0 Å². The molecule has 0 heterocycles. The predicted octanol–water partition coefficient (Wildman–Crippen LogP) is -1.71. The SMILES string of the molecule is NC[C@H](O)CC[C@H](NC=O)C(=O)O. The highest BCUT2D eigenvalue weighted by Crippen LogP contribution is 2.00. The lowest BCUT2D eigenvalue weighted by molar-refractivity contribution is -0.140. The molecule has 0 bridgehead atoms. The molecular formula is C7H14N2O4. The Morgan fingerprint density at radius 1 is 1.54 bits per heavy atom. The monoisotopic (exact) mass is 190 g/mol. The summed E-state index contributed by atoms with van der Waals surface area (Å²) in [5.41, 5.74) is 5.12. The van der Waals surface area contributed by atoms with Crippen molar-refractivity contribution in [2.45, 2.75) is 25.0 Å². The van der Waals surface area contributed by atoms with Gasteiger partial charge in [0, 0.05) is 6.54 Å². The van der Waals surface area contributed by atoms with Crippen LogP contribution in [0.1, 0.15) is 12.8 Å². The van der Waals surface area contributed by atoms with Crippen LogP contribution in [-0.4, -0.2) is 41.3 Å². The average Bonchev–Trinajstić information content (AvgIpc) is 2.11. The fraction of sp³-hybridized carbons (Fsp3) is 0.714. The van der Waals surface area contributed by atoms with Crippen molar-refractivity contribution in [3.8, 4) is 0 Å². The second-order valence-electron chi connectivity index (χ2n) is 2.64. The normalized spacial score (nSPS) is 14.6. The van der Waals surface area contributed by atoms with Gasteiger partial charge in [0.1, 0.15) is 6.04 Å². The highest BCUT2D eigenvalue weighted by atomic mass is 16.4. The molecule has 0 aliphatic rings. The van der Waals surface area contributed by atoms with Crippen LogP contribution >= 0.6 is 0 Å². The first-order chi connectivity index (χ1) is 6.11. The zero-order valence-electron chi connectivity index (χ0n) is 7.14. The van der Waals surface area contributed by atoms with E-state index in [2.05, 4.69) is 5.32 Å². The van der Waals surface area contributed by atoms with E-state index in [4.69, 9.17) is 15.9 Å². The summed E-state index contributed by atoms with van der Waals surface area (Å²) in [5.74, 6) is -1.11. The molecule has 5 N–H and O–H groups in total. The number of aliphatic hydroxyl groups is 1. The van der Waals surface area contributed by atoms with E-state index in [0.29, 0.717) is 6.41 Å². The molecule has 6 nitrogen and oxygen atoms in total. The molecule has 0 saturated carbocycles. The summed E-state index contributed by atoms with van der Waals surface area (Å²) in [6.45, 7) is 0.0907. The summed E-state index contributed by atoms with van der Waals surface area (Å²) < 4.78 is 0. The maximum atomic E-state index is 10.5. The number of carbonyl (C=O) groups is 2. The van der Waals surface area contributed by atoms with E-state index >= 15 is 0 Å². The quantitative estimate of drug-likeness (QED) is 0.357. The Balaban J connectivity index is 3.81. The standard InChI is InChI=1S/C7H14N2O4/c8-3-5(11)1-2-6(7(12)13)9-4-10/h4-6,11H,1-3,8H2,(H,9,10)(H,12,13)/t5-,6+/m1/s1. The first-order valence-electron chi connectivity index (χ1n) is 3.92. The minimum Gasteiger partial charge on any atom is -0.480 e. The van der Waals surface area contributed by atoms with Crippen molar-refractivity contribution >= 4 is 12.4 Å². The summed E-state index contributed by atoms with van der Waals surface area (Å²) in [4.78, 5) is 20.4. The van der Waals surface area contributed by atoms with Gasteiger partial charge in [0.05, 0.1) is 6.10 Å². The van der Waals surface area contributed by atoms with E-state index in [9.17, 15) is 9.59 Å². The van der Waals surface area contributed by atoms with Crippen LogP contribution in [0, 0.1) is 0 Å². The third-order valence-corrected chi connectivity index (χ3v) is 1.63. The Hall–Kier alpha value is -1.14. The van der Waals surface area contributed by atoms with Crippen molar-refractivity contribution in [2.75, 3.05) is 6.54 Å². The van der Waals surface area contributed by atoms with Crippen LogP contribution in [0.25, 0.3) is 0 Å². The van der Waals surface area contributed by atoms with E-state index in [1.54, 1.807) is 0 Å². The number of hydrogen-bond donors (Lipinski definition) is 4. The third-order valence-electron chi connectivity index (χ3n) is 1.63. The summed E-state index contributed by atoms with van der Waals surface area (Å²) in [7, 11) is 0. The highest BCUT2D eigenvalue weighted by Gasteiger charge is 2.16. The van der Waals surface area contributed by atoms with Crippen LogP contribution in [0.3, 0.4) is 0 Å². The minimum atomic E-state index is -1.11. The smallest absolute Gasteiger partial charge is 0.326 e. The molecule has 0 radical (unpaired) electrons. The topological polar surface area (TPSA) is 113 Å². The van der Waals surface area contributed by atoms with E-state index < -0.39 is 18.1 Å². The van der Waals surface area contributed by atoms with E-state index in [1.165, 1.54) is 0 Å². The zero-order valence-corrected chi connectivity index (χ0v) is 7.14. The molecule has 0 unspecified atom stereocenters. The number of nitrogens with two attached hydrogens (primary N) is 1. The number of aliphatic carboxylic acids is 1. The van der Waals surface area contributed by atoms with Crippen LogP contribution in [-0.2, 0) is 9.59 Å². The molecule has 0 aliphatic heterocycles. The number of aliphatic hydroxyl groups excluding tert-OH is 1. The van der Waals surface area contributed by atoms with Gasteiger partial charge < -0.3 is 21.3 Å². The maximum absolute atomic E-state index is 10.5. The van der Waals surface area contributed by atoms with Gasteiger partial charge in [0.25, 0.3) is 0 Å². The number of nitrogens with one attached hydrogen (secondary N) is 1. The summed E-state index contributed by atoms with van der Waals surface area (Å²) in [5, 5.41) is 19.7. The van der Waals surface area contributed by atoms with Gasteiger partial charge in [-0.3, -0.25) is 4.79 Å². The van der Waals surface area contributed by atoms with Crippen molar-refractivity contribution in [3.63, 3.8) is 0 Å². The third kappa shape index (κ3) is 5.15. The van der Waals surface area contributed by atoms with Gasteiger partial charge in [0.15, 0.2) is 0 Å². The lowest BCUT2D eigenvalue weighted by atomic mass is 10.1. The fourth-order valence-electron chi connectivity index (χ4n) is 0.837. The lowest BCUT2D eigenvalue weighted by Gasteiger charge is -2.12. The molecule has 0 aromatic rings. The first-order valence-corrected chi connectivity index (χ1v) is 3.92.